The van der Waals surface area contributed by atoms with E-state index < -0.39 is 0 Å². The standard InChI is InChI=1S/C16H18N2O4/c1-16(8-21-9-16)10-22-14(19)6-7-18-11-17-13-5-3-2-4-12(13)15(18)20/h2-5,11H,6-10H2,1H3. The van der Waals surface area contributed by atoms with Crippen LogP contribution in [0.5, 0.6) is 0 Å². The molecule has 3 rings (SSSR count). The van der Waals surface area contributed by atoms with Gasteiger partial charge in [-0.3, -0.25) is 14.2 Å². The molecule has 0 N–H and O–H groups in total. The first-order valence-electron chi connectivity index (χ1n) is 7.25. The Balaban J connectivity index is 1.60. The van der Waals surface area contributed by atoms with E-state index in [1.54, 1.807) is 18.2 Å². The molecule has 1 aromatic heterocycles. The molecular weight excluding hydrogens is 284 g/mol. The van der Waals surface area contributed by atoms with E-state index >= 15 is 0 Å². The lowest BCUT2D eigenvalue weighted by atomic mass is 9.90. The summed E-state index contributed by atoms with van der Waals surface area (Å²) in [4.78, 5) is 28.3. The van der Waals surface area contributed by atoms with Gasteiger partial charge in [0.2, 0.25) is 0 Å². The highest BCUT2D eigenvalue weighted by atomic mass is 16.5. The molecule has 116 valence electrons. The van der Waals surface area contributed by atoms with Crippen LogP contribution in [0.4, 0.5) is 0 Å². The summed E-state index contributed by atoms with van der Waals surface area (Å²) in [5, 5.41) is 0.553. The fourth-order valence-corrected chi connectivity index (χ4v) is 2.34. The van der Waals surface area contributed by atoms with Crippen molar-refractivity contribution in [2.24, 2.45) is 5.41 Å². The van der Waals surface area contributed by atoms with Crippen LogP contribution in [0.2, 0.25) is 0 Å². The lowest BCUT2D eigenvalue weighted by Crippen LogP contribution is -2.44. The Hall–Kier alpha value is -2.21. The minimum Gasteiger partial charge on any atom is -0.465 e. The predicted octanol–water partition coefficient (Wildman–Crippen LogP) is 1.37. The van der Waals surface area contributed by atoms with Crippen LogP contribution in [0.25, 0.3) is 10.9 Å². The lowest BCUT2D eigenvalue weighted by molar-refractivity contribution is -0.165. The molecule has 0 spiro atoms. The molecular formula is C16H18N2O4. The van der Waals surface area contributed by atoms with Crippen molar-refractivity contribution in [2.75, 3.05) is 19.8 Å². The normalized spacial score (nSPS) is 16.2. The number of benzene rings is 1. The molecule has 2 heterocycles. The summed E-state index contributed by atoms with van der Waals surface area (Å²) in [7, 11) is 0. The Morgan fingerprint density at radius 1 is 1.41 bits per heavy atom. The van der Waals surface area contributed by atoms with Gasteiger partial charge in [0.15, 0.2) is 0 Å². The van der Waals surface area contributed by atoms with Crippen LogP contribution in [-0.4, -0.2) is 35.3 Å². The van der Waals surface area contributed by atoms with Gasteiger partial charge in [0, 0.05) is 12.0 Å². The zero-order valence-electron chi connectivity index (χ0n) is 12.4. The summed E-state index contributed by atoms with van der Waals surface area (Å²) in [5.41, 5.74) is 0.457. The molecule has 0 saturated carbocycles. The molecule has 6 nitrogen and oxygen atoms in total. The number of aryl methyl sites for hydroxylation is 1. The molecule has 0 atom stereocenters. The lowest BCUT2D eigenvalue weighted by Gasteiger charge is -2.37. The van der Waals surface area contributed by atoms with Gasteiger partial charge in [-0.05, 0) is 12.1 Å². The van der Waals surface area contributed by atoms with Crippen molar-refractivity contribution in [3.05, 3.63) is 40.9 Å². The number of para-hydroxylation sites is 1. The second kappa shape index (κ2) is 5.88. The topological polar surface area (TPSA) is 70.4 Å². The van der Waals surface area contributed by atoms with Crippen molar-refractivity contribution in [1.29, 1.82) is 0 Å². The Morgan fingerprint density at radius 3 is 2.91 bits per heavy atom. The molecule has 0 amide bonds. The average molecular weight is 302 g/mol. The van der Waals surface area contributed by atoms with Crippen LogP contribution < -0.4 is 5.56 Å². The first-order chi connectivity index (χ1) is 10.6. The summed E-state index contributed by atoms with van der Waals surface area (Å²) in [5.74, 6) is -0.312. The van der Waals surface area contributed by atoms with Gasteiger partial charge in [-0.25, -0.2) is 4.98 Å². The maximum atomic E-state index is 12.3. The van der Waals surface area contributed by atoms with Gasteiger partial charge in [0.1, 0.15) is 6.61 Å². The number of rotatable bonds is 5. The first kappa shape index (κ1) is 14.7. The van der Waals surface area contributed by atoms with Gasteiger partial charge in [-0.1, -0.05) is 19.1 Å². The zero-order valence-corrected chi connectivity index (χ0v) is 12.4. The number of nitrogens with zero attached hydrogens (tertiary/aromatic N) is 2. The number of carbonyl (C=O) groups is 1. The monoisotopic (exact) mass is 302 g/mol. The van der Waals surface area contributed by atoms with Crippen molar-refractivity contribution in [1.82, 2.24) is 9.55 Å². The van der Waals surface area contributed by atoms with Crippen molar-refractivity contribution >= 4 is 16.9 Å². The quantitative estimate of drug-likeness (QED) is 0.780. The van der Waals surface area contributed by atoms with E-state index in [0.717, 1.165) is 0 Å². The van der Waals surface area contributed by atoms with Crippen molar-refractivity contribution < 1.29 is 14.3 Å². The zero-order chi connectivity index (χ0) is 15.6. The SMILES string of the molecule is CC1(COC(=O)CCn2cnc3ccccc3c2=O)COC1. The summed E-state index contributed by atoms with van der Waals surface area (Å²) in [6.45, 7) is 3.88. The summed E-state index contributed by atoms with van der Waals surface area (Å²) >= 11 is 0. The van der Waals surface area contributed by atoms with E-state index in [2.05, 4.69) is 4.98 Å². The number of aromatic nitrogens is 2. The molecule has 1 aliphatic rings. The van der Waals surface area contributed by atoms with Crippen LogP contribution in [0.3, 0.4) is 0 Å². The number of fused-ring (bicyclic) bond motifs is 1. The number of ether oxygens (including phenoxy) is 2. The van der Waals surface area contributed by atoms with Gasteiger partial charge in [-0.15, -0.1) is 0 Å². The molecule has 0 radical (unpaired) electrons. The van der Waals surface area contributed by atoms with Crippen molar-refractivity contribution in [2.45, 2.75) is 19.9 Å². The number of carbonyl (C=O) groups excluding carboxylic acids is 1. The molecule has 0 aliphatic carbocycles. The van der Waals surface area contributed by atoms with E-state index in [-0.39, 0.29) is 29.9 Å². The van der Waals surface area contributed by atoms with Crippen LogP contribution in [-0.2, 0) is 20.8 Å². The van der Waals surface area contributed by atoms with Gasteiger partial charge in [0.25, 0.3) is 5.56 Å². The largest absolute Gasteiger partial charge is 0.465 e. The Morgan fingerprint density at radius 2 is 2.18 bits per heavy atom. The van der Waals surface area contributed by atoms with Crippen molar-refractivity contribution in [3.8, 4) is 0 Å². The molecule has 0 unspecified atom stereocenters. The van der Waals surface area contributed by atoms with E-state index in [9.17, 15) is 9.59 Å². The predicted molar refractivity (Wildman–Crippen MR) is 80.5 cm³/mol. The second-order valence-electron chi connectivity index (χ2n) is 5.97. The highest BCUT2D eigenvalue weighted by Crippen LogP contribution is 2.26. The maximum absolute atomic E-state index is 12.3. The molecule has 1 aliphatic heterocycles. The van der Waals surface area contributed by atoms with Crippen LogP contribution >= 0.6 is 0 Å². The fourth-order valence-electron chi connectivity index (χ4n) is 2.34. The molecule has 22 heavy (non-hydrogen) atoms. The summed E-state index contributed by atoms with van der Waals surface area (Å²) < 4.78 is 11.8. The molecule has 1 saturated heterocycles. The molecule has 1 aromatic carbocycles. The average Bonchev–Trinajstić information content (AvgIpc) is 2.50. The Labute approximate surface area is 127 Å². The second-order valence-corrected chi connectivity index (χ2v) is 5.97. The van der Waals surface area contributed by atoms with Gasteiger partial charge < -0.3 is 9.47 Å². The van der Waals surface area contributed by atoms with E-state index in [1.165, 1.54) is 10.9 Å². The van der Waals surface area contributed by atoms with E-state index in [4.69, 9.17) is 9.47 Å². The third kappa shape index (κ3) is 3.01. The fraction of sp³-hybridized carbons (Fsp3) is 0.438. The van der Waals surface area contributed by atoms with Gasteiger partial charge in [-0.2, -0.15) is 0 Å². The molecule has 1 fully saturated rings. The Kier molecular flexibility index (Phi) is 3.94. The van der Waals surface area contributed by atoms with Crippen LogP contribution in [0.15, 0.2) is 35.4 Å². The Bertz CT molecular complexity index is 749. The summed E-state index contributed by atoms with van der Waals surface area (Å²) in [6, 6.07) is 7.15. The molecule has 0 bridgehead atoms. The highest BCUT2D eigenvalue weighted by Gasteiger charge is 2.34. The van der Waals surface area contributed by atoms with Crippen LogP contribution in [0.1, 0.15) is 13.3 Å². The minimum absolute atomic E-state index is 0.0585. The van der Waals surface area contributed by atoms with E-state index in [1.807, 2.05) is 13.0 Å². The minimum atomic E-state index is -0.312. The number of hydrogen-bond donors (Lipinski definition) is 0. The van der Waals surface area contributed by atoms with Gasteiger partial charge >= 0.3 is 5.97 Å². The molecule has 6 heteroatoms. The third-order valence-electron chi connectivity index (χ3n) is 3.77. The summed E-state index contributed by atoms with van der Waals surface area (Å²) in [6.07, 6.45) is 1.62. The highest BCUT2D eigenvalue weighted by molar-refractivity contribution is 5.77. The van der Waals surface area contributed by atoms with Crippen LogP contribution in [0, 0.1) is 5.41 Å². The van der Waals surface area contributed by atoms with Crippen molar-refractivity contribution in [3.63, 3.8) is 0 Å². The third-order valence-corrected chi connectivity index (χ3v) is 3.77. The number of esters is 1. The first-order valence-corrected chi connectivity index (χ1v) is 7.25. The maximum Gasteiger partial charge on any atom is 0.307 e. The van der Waals surface area contributed by atoms with E-state index in [0.29, 0.717) is 30.7 Å². The molecule has 2 aromatic rings. The number of hydrogen-bond acceptors (Lipinski definition) is 5. The smallest absolute Gasteiger partial charge is 0.307 e. The van der Waals surface area contributed by atoms with Gasteiger partial charge in [0.05, 0.1) is 36.9 Å².